The van der Waals surface area contributed by atoms with Gasteiger partial charge in [0.15, 0.2) is 0 Å². The van der Waals surface area contributed by atoms with Crippen LogP contribution in [0.4, 0.5) is 17.1 Å². The first-order valence-electron chi connectivity index (χ1n) is 26.7. The topological polar surface area (TPSA) is 75.8 Å². The Bertz CT molecular complexity index is 3950. The highest BCUT2D eigenvalue weighted by Gasteiger charge is 2.25. The van der Waals surface area contributed by atoms with E-state index in [9.17, 15) is 5.11 Å². The van der Waals surface area contributed by atoms with E-state index in [1.54, 1.807) is 6.08 Å². The summed E-state index contributed by atoms with van der Waals surface area (Å²) in [5, 5.41) is 17.3. The molecule has 3 N–H and O–H groups in total. The van der Waals surface area contributed by atoms with Crippen molar-refractivity contribution in [2.75, 3.05) is 4.90 Å². The lowest BCUT2D eigenvalue weighted by molar-refractivity contribution is 0.479. The Balaban J connectivity index is 0.000000265. The molecule has 11 aromatic rings. The number of phenols is 1. The van der Waals surface area contributed by atoms with Gasteiger partial charge >= 0.3 is 0 Å². The van der Waals surface area contributed by atoms with Gasteiger partial charge in [0.2, 0.25) is 0 Å². The number of hydrogen-bond donors (Lipinski definition) is 2. The molecule has 2 atom stereocenters. The molecule has 5 nitrogen and oxygen atoms in total. The van der Waals surface area contributed by atoms with E-state index in [0.29, 0.717) is 11.8 Å². The fourth-order valence-corrected chi connectivity index (χ4v) is 10.4. The predicted molar refractivity (Wildman–Crippen MR) is 327 cm³/mol. The number of furan rings is 2. The van der Waals surface area contributed by atoms with Crippen molar-refractivity contribution >= 4 is 66.8 Å². The smallest absolute Gasteiger partial charge is 0.138 e. The van der Waals surface area contributed by atoms with E-state index < -0.39 is 0 Å². The number of aryl methyl sites for hydroxylation is 2. The van der Waals surface area contributed by atoms with Crippen LogP contribution in [0.15, 0.2) is 252 Å². The number of fused-ring (bicyclic) bond motifs is 6. The number of benzene rings is 9. The van der Waals surface area contributed by atoms with Crippen LogP contribution in [0.3, 0.4) is 0 Å². The van der Waals surface area contributed by atoms with E-state index in [4.69, 9.17) is 14.6 Å². The fraction of sp³-hybridized carbons (Fsp3) is 0.139. The van der Waals surface area contributed by atoms with Crippen molar-refractivity contribution in [2.24, 2.45) is 11.7 Å². The second-order valence-corrected chi connectivity index (χ2v) is 20.5. The minimum atomic E-state index is -0.0964. The third-order valence-corrected chi connectivity index (χ3v) is 14.6. The SMILES string of the molecule is C=C/C=C\c1c(C)oc2ccccc12.CC(C)C1=CC(c2ccc3c(c2)oc2cc(N(c4ccc(C(C)C)cc4)c4cccc(-c5cccc(-c6ccccc6)c5O)c4)c4ccccc4c23)C(N)C=C1.Cc1ccccc1. The second kappa shape index (κ2) is 22.9. The lowest BCUT2D eigenvalue weighted by atomic mass is 9.83. The Hall–Kier alpha value is -8.90. The van der Waals surface area contributed by atoms with Crippen molar-refractivity contribution in [3.63, 3.8) is 0 Å². The zero-order chi connectivity index (χ0) is 53.6. The zero-order valence-electron chi connectivity index (χ0n) is 44.8. The van der Waals surface area contributed by atoms with Gasteiger partial charge in [-0.15, -0.1) is 0 Å². The third kappa shape index (κ3) is 11.0. The molecule has 382 valence electrons. The number of nitrogens with two attached hydrogens (primary N) is 1. The minimum absolute atomic E-state index is 0.0757. The summed E-state index contributed by atoms with van der Waals surface area (Å²) in [6, 6.07) is 69.0. The van der Waals surface area contributed by atoms with Crippen molar-refractivity contribution in [3.05, 3.63) is 271 Å². The maximum absolute atomic E-state index is 11.7. The lowest BCUT2D eigenvalue weighted by Crippen LogP contribution is -2.27. The highest BCUT2D eigenvalue weighted by molar-refractivity contribution is 6.22. The Morgan fingerprint density at radius 2 is 1.22 bits per heavy atom. The number of nitrogens with zero attached hydrogens (tertiary/aromatic N) is 1. The molecule has 0 bridgehead atoms. The molecule has 0 saturated carbocycles. The van der Waals surface area contributed by atoms with E-state index in [2.05, 4.69) is 180 Å². The highest BCUT2D eigenvalue weighted by Crippen LogP contribution is 2.47. The van der Waals surface area contributed by atoms with Crippen LogP contribution in [-0.2, 0) is 0 Å². The van der Waals surface area contributed by atoms with Crippen LogP contribution in [0.5, 0.6) is 5.75 Å². The van der Waals surface area contributed by atoms with E-state index in [-0.39, 0.29) is 17.7 Å². The van der Waals surface area contributed by atoms with Gasteiger partial charge in [-0.2, -0.15) is 0 Å². The average molecular weight is 1010 g/mol. The van der Waals surface area contributed by atoms with Gasteiger partial charge in [-0.05, 0) is 95.3 Å². The highest BCUT2D eigenvalue weighted by atomic mass is 16.3. The van der Waals surface area contributed by atoms with Crippen LogP contribution in [0, 0.1) is 19.8 Å². The fourth-order valence-electron chi connectivity index (χ4n) is 10.4. The first-order chi connectivity index (χ1) is 37.5. The van der Waals surface area contributed by atoms with Gasteiger partial charge in [0.05, 0.1) is 5.69 Å². The summed E-state index contributed by atoms with van der Waals surface area (Å²) >= 11 is 0. The molecule has 1 aliphatic carbocycles. The van der Waals surface area contributed by atoms with Gasteiger partial charge < -0.3 is 24.6 Å². The number of hydrogen-bond acceptors (Lipinski definition) is 5. The number of anilines is 3. The molecule has 9 aromatic carbocycles. The molecule has 77 heavy (non-hydrogen) atoms. The second-order valence-electron chi connectivity index (χ2n) is 20.5. The molecule has 0 saturated heterocycles. The molecule has 12 rings (SSSR count). The molecule has 0 aliphatic heterocycles. The van der Waals surface area contributed by atoms with Crippen LogP contribution >= 0.6 is 0 Å². The molecule has 2 heterocycles. The van der Waals surface area contributed by atoms with Gasteiger partial charge in [-0.1, -0.05) is 234 Å². The number of aromatic hydroxyl groups is 1. The molecule has 0 fully saturated rings. The van der Waals surface area contributed by atoms with Crippen molar-refractivity contribution in [1.82, 2.24) is 0 Å². The Morgan fingerprint density at radius 3 is 1.91 bits per heavy atom. The summed E-state index contributed by atoms with van der Waals surface area (Å²) in [6.45, 7) is 16.6. The molecular weight excluding hydrogens is 941 g/mol. The normalized spacial score (nSPS) is 14.2. The third-order valence-electron chi connectivity index (χ3n) is 14.6. The first-order valence-corrected chi connectivity index (χ1v) is 26.7. The van der Waals surface area contributed by atoms with E-state index in [1.807, 2.05) is 104 Å². The Morgan fingerprint density at radius 1 is 0.571 bits per heavy atom. The van der Waals surface area contributed by atoms with Gasteiger partial charge in [0, 0.05) is 67.6 Å². The van der Waals surface area contributed by atoms with Crippen LogP contribution in [0.25, 0.3) is 72.0 Å². The first kappa shape index (κ1) is 51.6. The molecule has 0 radical (unpaired) electrons. The van der Waals surface area contributed by atoms with Crippen molar-refractivity contribution in [1.29, 1.82) is 0 Å². The molecule has 0 amide bonds. The van der Waals surface area contributed by atoms with Crippen molar-refractivity contribution in [2.45, 2.75) is 59.4 Å². The van der Waals surface area contributed by atoms with Gasteiger partial charge in [-0.3, -0.25) is 0 Å². The number of para-hydroxylation sites is 2. The van der Waals surface area contributed by atoms with Gasteiger partial charge in [0.1, 0.15) is 28.3 Å². The van der Waals surface area contributed by atoms with E-state index in [0.717, 1.165) is 99.9 Å². The summed E-state index contributed by atoms with van der Waals surface area (Å²) in [5.74, 6) is 2.12. The molecule has 5 heteroatoms. The summed E-state index contributed by atoms with van der Waals surface area (Å²) in [5.41, 5.74) is 22.0. The van der Waals surface area contributed by atoms with Crippen LogP contribution in [0.1, 0.15) is 67.5 Å². The molecule has 0 spiro atoms. The lowest BCUT2D eigenvalue weighted by Gasteiger charge is -2.28. The van der Waals surface area contributed by atoms with Crippen LogP contribution in [-0.4, -0.2) is 11.1 Å². The predicted octanol–water partition coefficient (Wildman–Crippen LogP) is 19.9. The van der Waals surface area contributed by atoms with E-state index in [1.165, 1.54) is 16.7 Å². The molecule has 2 unspecified atom stereocenters. The maximum Gasteiger partial charge on any atom is 0.138 e. The summed E-state index contributed by atoms with van der Waals surface area (Å²) in [4.78, 5) is 2.32. The quantitative estimate of drug-likeness (QED) is 0.134. The number of rotatable bonds is 10. The van der Waals surface area contributed by atoms with Gasteiger partial charge in [0.25, 0.3) is 0 Å². The monoisotopic (exact) mass is 1010 g/mol. The van der Waals surface area contributed by atoms with Crippen molar-refractivity contribution < 1.29 is 13.9 Å². The summed E-state index contributed by atoms with van der Waals surface area (Å²) in [7, 11) is 0. The number of phenolic OH excluding ortho intramolecular Hbond substituents is 1. The maximum atomic E-state index is 11.7. The summed E-state index contributed by atoms with van der Waals surface area (Å²) in [6.07, 6.45) is 12.3. The minimum Gasteiger partial charge on any atom is -0.507 e. The Labute approximate surface area is 453 Å². The van der Waals surface area contributed by atoms with E-state index >= 15 is 0 Å². The van der Waals surface area contributed by atoms with Gasteiger partial charge in [-0.25, -0.2) is 0 Å². The standard InChI is InChI=1S/C52H46N2O2.C13H12O.C7H8/c1-32(2)34-20-24-39(25-21-34)54(40-15-10-14-37(28-40)42-19-11-18-41(52(42)55)35-12-6-5-7-13-35)48-31-50-51(44-17-9-8-16-43(44)48)45-26-22-38(30-49(45)56-50)46-29-36(33(3)4)23-27-47(46)53;1-3-4-7-11-10(2)14-13-9-6-5-8-12(11)13;1-7-5-3-2-4-6-7/h5-33,46-47,55H,53H2,1-4H3;3-9H,1H2,2H3;2-6H,1H3/b;7-4-;. The average Bonchev–Trinajstić information content (AvgIpc) is 4.00. The number of allylic oxidation sites excluding steroid dienone is 4. The zero-order valence-corrected chi connectivity index (χ0v) is 44.8. The molecule has 1 aliphatic rings. The molecule has 2 aromatic heterocycles. The Kier molecular flexibility index (Phi) is 15.4. The van der Waals surface area contributed by atoms with Crippen LogP contribution < -0.4 is 10.6 Å². The van der Waals surface area contributed by atoms with Crippen molar-refractivity contribution in [3.8, 4) is 28.0 Å². The van der Waals surface area contributed by atoms with Crippen LogP contribution in [0.2, 0.25) is 0 Å². The molecular formula is C72H66N2O3. The largest absolute Gasteiger partial charge is 0.507 e. The summed E-state index contributed by atoms with van der Waals surface area (Å²) < 4.78 is 12.4.